The van der Waals surface area contributed by atoms with Crippen molar-refractivity contribution in [2.24, 2.45) is 0 Å². The van der Waals surface area contributed by atoms with Crippen LogP contribution in [0.1, 0.15) is 26.3 Å². The molecule has 0 bridgehead atoms. The minimum atomic E-state index is -0.805. The Labute approximate surface area is 213 Å². The van der Waals surface area contributed by atoms with Crippen LogP contribution in [0.25, 0.3) is 11.1 Å². The van der Waals surface area contributed by atoms with Gasteiger partial charge in [-0.2, -0.15) is 0 Å². The van der Waals surface area contributed by atoms with E-state index in [0.29, 0.717) is 29.8 Å². The molecule has 0 saturated carbocycles. The van der Waals surface area contributed by atoms with Crippen molar-refractivity contribution < 1.29 is 28.7 Å². The summed E-state index contributed by atoms with van der Waals surface area (Å²) in [5.74, 6) is -2.27. The van der Waals surface area contributed by atoms with Crippen LogP contribution in [0.4, 0.5) is 0 Å². The number of amides is 4. The van der Waals surface area contributed by atoms with Gasteiger partial charge in [0.15, 0.2) is 0 Å². The van der Waals surface area contributed by atoms with Crippen molar-refractivity contribution >= 4 is 29.6 Å². The summed E-state index contributed by atoms with van der Waals surface area (Å²) in [6.45, 7) is 8.28. The second kappa shape index (κ2) is 10.1. The highest BCUT2D eigenvalue weighted by Gasteiger charge is 2.34. The molecule has 0 radical (unpaired) electrons. The van der Waals surface area contributed by atoms with Gasteiger partial charge < -0.3 is 19.9 Å². The summed E-state index contributed by atoms with van der Waals surface area (Å²) < 4.78 is 4.52. The molecule has 2 aliphatic heterocycles. The first-order chi connectivity index (χ1) is 17.6. The lowest BCUT2D eigenvalue weighted by Crippen LogP contribution is -2.50. The number of nitrogens with zero attached hydrogens (tertiary/aromatic N) is 3. The highest BCUT2D eigenvalue weighted by Crippen LogP contribution is 2.34. The fourth-order valence-electron chi connectivity index (χ4n) is 4.23. The molecule has 0 unspecified atom stereocenters. The quantitative estimate of drug-likeness (QED) is 0.473. The number of esters is 1. The van der Waals surface area contributed by atoms with E-state index in [9.17, 15) is 24.0 Å². The van der Waals surface area contributed by atoms with Gasteiger partial charge in [0.25, 0.3) is 17.7 Å². The number of nitrogens with one attached hydrogen (secondary N) is 1. The molecule has 2 heterocycles. The monoisotopic (exact) mass is 502 g/mol. The summed E-state index contributed by atoms with van der Waals surface area (Å²) >= 11 is 0. The van der Waals surface area contributed by atoms with E-state index in [2.05, 4.69) is 23.2 Å². The molecule has 4 amide bonds. The molecule has 10 nitrogen and oxygen atoms in total. The molecule has 0 atom stereocenters. The maximum atomic E-state index is 13.1. The zero-order valence-electron chi connectivity index (χ0n) is 20.6. The second-order valence-corrected chi connectivity index (χ2v) is 8.71. The van der Waals surface area contributed by atoms with Gasteiger partial charge in [-0.3, -0.25) is 24.1 Å². The first kappa shape index (κ1) is 25.4. The van der Waals surface area contributed by atoms with Crippen molar-refractivity contribution in [3.63, 3.8) is 0 Å². The van der Waals surface area contributed by atoms with Crippen molar-refractivity contribution in [3.05, 3.63) is 83.7 Å². The minimum Gasteiger partial charge on any atom is -0.464 e. The van der Waals surface area contributed by atoms with Crippen LogP contribution in [0.15, 0.2) is 67.0 Å². The molecule has 2 aromatic carbocycles. The summed E-state index contributed by atoms with van der Waals surface area (Å²) in [6, 6.07) is 12.2. The first-order valence-electron chi connectivity index (χ1n) is 11.5. The van der Waals surface area contributed by atoms with Crippen LogP contribution in [0.3, 0.4) is 0 Å². The number of hydrogen-bond acceptors (Lipinski definition) is 6. The molecule has 37 heavy (non-hydrogen) atoms. The van der Waals surface area contributed by atoms with Gasteiger partial charge in [-0.25, -0.2) is 4.79 Å². The summed E-state index contributed by atoms with van der Waals surface area (Å²) in [5, 5.41) is 2.29. The van der Waals surface area contributed by atoms with Gasteiger partial charge in [-0.15, -0.1) is 0 Å². The smallest absolute Gasteiger partial charge is 0.353 e. The Kier molecular flexibility index (Phi) is 6.92. The van der Waals surface area contributed by atoms with Crippen LogP contribution >= 0.6 is 0 Å². The highest BCUT2D eigenvalue weighted by molar-refractivity contribution is 6.08. The number of likely N-dealkylation sites (N-methyl/N-ethyl adjacent to an activating group) is 1. The molecule has 0 aromatic heterocycles. The topological polar surface area (TPSA) is 116 Å². The molecule has 190 valence electrons. The number of rotatable bonds is 6. The van der Waals surface area contributed by atoms with Crippen LogP contribution in [0.2, 0.25) is 0 Å². The Morgan fingerprint density at radius 2 is 1.62 bits per heavy atom. The van der Waals surface area contributed by atoms with E-state index in [1.807, 2.05) is 6.07 Å². The summed E-state index contributed by atoms with van der Waals surface area (Å²) in [4.78, 5) is 66.3. The largest absolute Gasteiger partial charge is 0.464 e. The molecule has 1 N–H and O–H groups in total. The lowest BCUT2D eigenvalue weighted by atomic mass is 9.96. The molecule has 0 spiro atoms. The number of ether oxygens (including phenoxy) is 1. The lowest BCUT2D eigenvalue weighted by Gasteiger charge is -2.32. The fourth-order valence-corrected chi connectivity index (χ4v) is 4.23. The number of piperazine rings is 1. The summed E-state index contributed by atoms with van der Waals surface area (Å²) in [6.07, 6.45) is 0. The number of carbonyl (C=O) groups is 5. The lowest BCUT2D eigenvalue weighted by molar-refractivity contribution is -0.137. The number of hydrogen-bond donors (Lipinski definition) is 1. The molecule has 1 saturated heterocycles. The third-order valence-electron chi connectivity index (χ3n) is 6.44. The van der Waals surface area contributed by atoms with Gasteiger partial charge in [-0.05, 0) is 34.9 Å². The number of carbonyl (C=O) groups excluding carboxylic acids is 5. The van der Waals surface area contributed by atoms with Crippen LogP contribution in [-0.4, -0.2) is 78.1 Å². The predicted molar refractivity (Wildman–Crippen MR) is 134 cm³/mol. The third kappa shape index (κ3) is 4.86. The van der Waals surface area contributed by atoms with E-state index >= 15 is 0 Å². The van der Waals surface area contributed by atoms with Gasteiger partial charge >= 0.3 is 5.97 Å². The van der Waals surface area contributed by atoms with E-state index in [1.54, 1.807) is 48.3 Å². The minimum absolute atomic E-state index is 0.0473. The van der Waals surface area contributed by atoms with Crippen molar-refractivity contribution in [3.8, 4) is 11.1 Å². The SMILES string of the molecule is C=C(NC(=O)C(=C)N1Cc2c(cccc2-c2ccc(C(=O)N3CCN(C)C(=O)C3)cc2)C1=O)C(=O)OC. The zero-order chi connectivity index (χ0) is 26.9. The molecule has 10 heteroatoms. The number of benzene rings is 2. The van der Waals surface area contributed by atoms with Crippen molar-refractivity contribution in [2.45, 2.75) is 6.54 Å². The molecular formula is C27H26N4O6. The predicted octanol–water partition coefficient (Wildman–Crippen LogP) is 1.54. The van der Waals surface area contributed by atoms with Gasteiger partial charge in [0.2, 0.25) is 5.91 Å². The van der Waals surface area contributed by atoms with Gasteiger partial charge in [0.1, 0.15) is 17.9 Å². The van der Waals surface area contributed by atoms with Crippen LogP contribution in [0, 0.1) is 0 Å². The Hall–Kier alpha value is -4.73. The maximum Gasteiger partial charge on any atom is 0.353 e. The average molecular weight is 503 g/mol. The summed E-state index contributed by atoms with van der Waals surface area (Å²) in [7, 11) is 2.87. The summed E-state index contributed by atoms with van der Waals surface area (Å²) in [5.41, 5.74) is 2.74. The second-order valence-electron chi connectivity index (χ2n) is 8.71. The van der Waals surface area contributed by atoms with Crippen LogP contribution < -0.4 is 5.32 Å². The normalized spacial score (nSPS) is 14.8. The molecule has 2 aromatic rings. The molecular weight excluding hydrogens is 476 g/mol. The van der Waals surface area contributed by atoms with Crippen molar-refractivity contribution in [2.75, 3.05) is 33.8 Å². The zero-order valence-corrected chi connectivity index (χ0v) is 20.6. The maximum absolute atomic E-state index is 13.1. The molecule has 0 aliphatic carbocycles. The van der Waals surface area contributed by atoms with Gasteiger partial charge in [0, 0.05) is 31.3 Å². The standard InChI is InChI=1S/C27H26N4O6/c1-16(27(36)37-4)28-24(33)17(2)31-14-22-20(6-5-7-21(22)26(31)35)18-8-10-19(11-9-18)25(34)30-13-12-29(3)23(32)15-30/h5-11H,1-2,12-15H2,3-4H3,(H,28,33). The highest BCUT2D eigenvalue weighted by atomic mass is 16.5. The van der Waals surface area contributed by atoms with E-state index in [1.165, 1.54) is 9.80 Å². The Balaban J connectivity index is 1.52. The molecule has 1 fully saturated rings. The van der Waals surface area contributed by atoms with Crippen molar-refractivity contribution in [1.29, 1.82) is 0 Å². The van der Waals surface area contributed by atoms with E-state index in [0.717, 1.165) is 18.2 Å². The molecule has 4 rings (SSSR count). The van der Waals surface area contributed by atoms with Crippen molar-refractivity contribution in [1.82, 2.24) is 20.0 Å². The van der Waals surface area contributed by atoms with Crippen LogP contribution in [-0.2, 0) is 25.7 Å². The number of methoxy groups -OCH3 is 1. The third-order valence-corrected chi connectivity index (χ3v) is 6.44. The Bertz CT molecular complexity index is 1350. The van der Waals surface area contributed by atoms with E-state index < -0.39 is 17.8 Å². The van der Waals surface area contributed by atoms with Crippen LogP contribution in [0.5, 0.6) is 0 Å². The first-order valence-corrected chi connectivity index (χ1v) is 11.5. The van der Waals surface area contributed by atoms with E-state index in [-0.39, 0.29) is 36.3 Å². The van der Waals surface area contributed by atoms with Gasteiger partial charge in [0.05, 0.1) is 13.7 Å². The Morgan fingerprint density at radius 3 is 2.27 bits per heavy atom. The van der Waals surface area contributed by atoms with E-state index in [4.69, 9.17) is 0 Å². The number of fused-ring (bicyclic) bond motifs is 1. The molecule has 2 aliphatic rings. The average Bonchev–Trinajstić information content (AvgIpc) is 3.25. The fraction of sp³-hybridized carbons (Fsp3) is 0.222. The van der Waals surface area contributed by atoms with Gasteiger partial charge in [-0.1, -0.05) is 37.4 Å². The Morgan fingerprint density at radius 1 is 0.946 bits per heavy atom.